The van der Waals surface area contributed by atoms with Gasteiger partial charge in [0.05, 0.1) is 6.10 Å². The molecule has 3 nitrogen and oxygen atoms in total. The van der Waals surface area contributed by atoms with Gasteiger partial charge in [-0.2, -0.15) is 0 Å². The van der Waals surface area contributed by atoms with Gasteiger partial charge >= 0.3 is 0 Å². The van der Waals surface area contributed by atoms with Crippen LogP contribution in [0.25, 0.3) is 0 Å². The number of phenols is 1. The van der Waals surface area contributed by atoms with Gasteiger partial charge < -0.3 is 14.9 Å². The van der Waals surface area contributed by atoms with Gasteiger partial charge in [-0.3, -0.25) is 0 Å². The lowest BCUT2D eigenvalue weighted by molar-refractivity contribution is -0.00919. The molecular formula is C21H30O3. The first kappa shape index (κ1) is 17.3. The SMILES string of the molecule is CCCCCc1cc(O)c2c(c1)OC(C)(C)[C@@H]1C[C@H](O)C(C)=C[C@H]21. The van der Waals surface area contributed by atoms with Gasteiger partial charge in [0, 0.05) is 17.4 Å². The first-order valence-corrected chi connectivity index (χ1v) is 9.24. The molecule has 0 saturated heterocycles. The summed E-state index contributed by atoms with van der Waals surface area (Å²) in [6.07, 6.45) is 6.89. The largest absolute Gasteiger partial charge is 0.507 e. The Morgan fingerprint density at radius 1 is 1.25 bits per heavy atom. The van der Waals surface area contributed by atoms with E-state index in [4.69, 9.17) is 4.74 Å². The summed E-state index contributed by atoms with van der Waals surface area (Å²) >= 11 is 0. The van der Waals surface area contributed by atoms with E-state index in [0.717, 1.165) is 35.3 Å². The highest BCUT2D eigenvalue weighted by Crippen LogP contribution is 2.53. The third kappa shape index (κ3) is 3.06. The molecule has 24 heavy (non-hydrogen) atoms. The maximum Gasteiger partial charge on any atom is 0.127 e. The fourth-order valence-electron chi connectivity index (χ4n) is 4.25. The highest BCUT2D eigenvalue weighted by atomic mass is 16.5. The quantitative estimate of drug-likeness (QED) is 0.621. The molecule has 1 heterocycles. The topological polar surface area (TPSA) is 49.7 Å². The summed E-state index contributed by atoms with van der Waals surface area (Å²) in [4.78, 5) is 0. The Bertz CT molecular complexity index is 645. The molecule has 132 valence electrons. The zero-order chi connectivity index (χ0) is 17.5. The summed E-state index contributed by atoms with van der Waals surface area (Å²) in [6.45, 7) is 8.35. The maximum atomic E-state index is 10.7. The normalized spacial score (nSPS) is 27.7. The van der Waals surface area contributed by atoms with Crippen LogP contribution in [0.3, 0.4) is 0 Å². The summed E-state index contributed by atoms with van der Waals surface area (Å²) < 4.78 is 6.30. The predicted octanol–water partition coefficient (Wildman–Crippen LogP) is 4.71. The van der Waals surface area contributed by atoms with Gasteiger partial charge in [0.1, 0.15) is 17.1 Å². The number of hydrogen-bond donors (Lipinski definition) is 2. The van der Waals surface area contributed by atoms with Crippen molar-refractivity contribution in [3.8, 4) is 11.5 Å². The Morgan fingerprint density at radius 3 is 2.71 bits per heavy atom. The van der Waals surface area contributed by atoms with Crippen LogP contribution in [-0.4, -0.2) is 21.9 Å². The molecule has 0 unspecified atom stereocenters. The van der Waals surface area contributed by atoms with E-state index < -0.39 is 6.10 Å². The Morgan fingerprint density at radius 2 is 2.00 bits per heavy atom. The molecular weight excluding hydrogens is 300 g/mol. The van der Waals surface area contributed by atoms with E-state index in [1.54, 1.807) is 0 Å². The van der Waals surface area contributed by atoms with Crippen molar-refractivity contribution in [1.29, 1.82) is 0 Å². The molecule has 0 bridgehead atoms. The lowest BCUT2D eigenvalue weighted by Gasteiger charge is -2.47. The van der Waals surface area contributed by atoms with Crippen molar-refractivity contribution < 1.29 is 14.9 Å². The Kier molecular flexibility index (Phi) is 4.65. The number of rotatable bonds is 4. The number of aryl methyl sites for hydroxylation is 1. The van der Waals surface area contributed by atoms with Crippen LogP contribution in [0, 0.1) is 5.92 Å². The lowest BCUT2D eigenvalue weighted by atomic mass is 9.67. The van der Waals surface area contributed by atoms with Gasteiger partial charge in [-0.1, -0.05) is 25.8 Å². The average Bonchev–Trinajstić information content (AvgIpc) is 2.49. The number of hydrogen-bond acceptors (Lipinski definition) is 3. The predicted molar refractivity (Wildman–Crippen MR) is 96.7 cm³/mol. The van der Waals surface area contributed by atoms with Crippen molar-refractivity contribution >= 4 is 0 Å². The monoisotopic (exact) mass is 330 g/mol. The molecule has 2 aliphatic rings. The summed E-state index contributed by atoms with van der Waals surface area (Å²) in [5, 5.41) is 20.9. The molecule has 1 aliphatic carbocycles. The number of unbranched alkanes of at least 4 members (excludes halogenated alkanes) is 2. The number of ether oxygens (including phenoxy) is 1. The minimum Gasteiger partial charge on any atom is -0.507 e. The zero-order valence-corrected chi connectivity index (χ0v) is 15.3. The van der Waals surface area contributed by atoms with E-state index in [-0.39, 0.29) is 17.4 Å². The standard InChI is InChI=1S/C21H30O3/c1-5-6-7-8-14-10-18(23)20-15-9-13(2)17(22)12-16(15)21(3,4)24-19(20)11-14/h9-11,15-17,22-23H,5-8,12H2,1-4H3/t15-,16+,17-/m0/s1. The Labute approximate surface area is 145 Å². The second-order valence-corrected chi connectivity index (χ2v) is 7.98. The van der Waals surface area contributed by atoms with E-state index >= 15 is 0 Å². The van der Waals surface area contributed by atoms with Crippen molar-refractivity contribution in [2.45, 2.75) is 77.4 Å². The fraction of sp³-hybridized carbons (Fsp3) is 0.619. The molecule has 0 aromatic heterocycles. The highest BCUT2D eigenvalue weighted by Gasteiger charge is 2.47. The molecule has 1 aromatic rings. The maximum absolute atomic E-state index is 10.7. The number of allylic oxidation sites excluding steroid dienone is 1. The molecule has 0 radical (unpaired) electrons. The second kappa shape index (κ2) is 6.44. The second-order valence-electron chi connectivity index (χ2n) is 7.98. The van der Waals surface area contributed by atoms with Crippen molar-refractivity contribution in [2.75, 3.05) is 0 Å². The van der Waals surface area contributed by atoms with Crippen molar-refractivity contribution in [3.05, 3.63) is 34.9 Å². The number of phenolic OH excluding ortho intramolecular Hbond substituents is 1. The summed E-state index contributed by atoms with van der Waals surface area (Å²) in [7, 11) is 0. The van der Waals surface area contributed by atoms with E-state index in [0.29, 0.717) is 12.2 Å². The molecule has 3 rings (SSSR count). The summed E-state index contributed by atoms with van der Waals surface area (Å²) in [5.41, 5.74) is 2.67. The van der Waals surface area contributed by atoms with E-state index in [1.807, 2.05) is 13.0 Å². The number of benzene rings is 1. The molecule has 1 aromatic carbocycles. The molecule has 2 N–H and O–H groups in total. The van der Waals surface area contributed by atoms with Gasteiger partial charge in [0.25, 0.3) is 0 Å². The summed E-state index contributed by atoms with van der Waals surface area (Å²) in [6, 6.07) is 4.01. The zero-order valence-electron chi connectivity index (χ0n) is 15.3. The van der Waals surface area contributed by atoms with Crippen LogP contribution in [0.15, 0.2) is 23.8 Å². The van der Waals surface area contributed by atoms with E-state index in [1.165, 1.54) is 12.8 Å². The van der Waals surface area contributed by atoms with Crippen LogP contribution < -0.4 is 4.74 Å². The number of aliphatic hydroxyl groups is 1. The van der Waals surface area contributed by atoms with E-state index in [9.17, 15) is 10.2 Å². The first-order chi connectivity index (χ1) is 11.3. The molecule has 0 amide bonds. The van der Waals surface area contributed by atoms with Crippen LogP contribution in [0.4, 0.5) is 0 Å². The number of aliphatic hydroxyl groups excluding tert-OH is 1. The minimum absolute atomic E-state index is 0.108. The van der Waals surface area contributed by atoms with Crippen molar-refractivity contribution in [1.82, 2.24) is 0 Å². The van der Waals surface area contributed by atoms with Gasteiger partial charge in [0.2, 0.25) is 0 Å². The van der Waals surface area contributed by atoms with Gasteiger partial charge in [-0.05, 0) is 63.3 Å². The number of fused-ring (bicyclic) bond motifs is 3. The lowest BCUT2D eigenvalue weighted by Crippen LogP contribution is -2.47. The smallest absolute Gasteiger partial charge is 0.127 e. The van der Waals surface area contributed by atoms with E-state index in [2.05, 4.69) is 32.9 Å². The van der Waals surface area contributed by atoms with Gasteiger partial charge in [-0.15, -0.1) is 0 Å². The Balaban J connectivity index is 2.00. The first-order valence-electron chi connectivity index (χ1n) is 9.24. The highest BCUT2D eigenvalue weighted by molar-refractivity contribution is 5.54. The van der Waals surface area contributed by atoms with Crippen LogP contribution in [0.1, 0.15) is 70.4 Å². The number of aromatic hydroxyl groups is 1. The van der Waals surface area contributed by atoms with Crippen molar-refractivity contribution in [3.63, 3.8) is 0 Å². The fourth-order valence-corrected chi connectivity index (χ4v) is 4.25. The molecule has 0 fully saturated rings. The molecule has 0 spiro atoms. The van der Waals surface area contributed by atoms with Crippen molar-refractivity contribution in [2.24, 2.45) is 5.92 Å². The van der Waals surface area contributed by atoms with Gasteiger partial charge in [0.15, 0.2) is 0 Å². The molecule has 0 saturated carbocycles. The summed E-state index contributed by atoms with van der Waals surface area (Å²) in [5.74, 6) is 1.43. The van der Waals surface area contributed by atoms with Gasteiger partial charge in [-0.25, -0.2) is 0 Å². The van der Waals surface area contributed by atoms with Crippen LogP contribution >= 0.6 is 0 Å². The minimum atomic E-state index is -0.411. The van der Waals surface area contributed by atoms with Crippen LogP contribution in [0.5, 0.6) is 11.5 Å². The third-order valence-corrected chi connectivity index (χ3v) is 5.73. The average molecular weight is 330 g/mol. The van der Waals surface area contributed by atoms with Crippen LogP contribution in [-0.2, 0) is 6.42 Å². The molecule has 1 aliphatic heterocycles. The third-order valence-electron chi connectivity index (χ3n) is 5.73. The van der Waals surface area contributed by atoms with Crippen LogP contribution in [0.2, 0.25) is 0 Å². The molecule has 3 atom stereocenters. The Hall–Kier alpha value is -1.48. The molecule has 3 heteroatoms.